The Labute approximate surface area is 140 Å². The molecule has 4 rings (SSSR count). The van der Waals surface area contributed by atoms with Crippen LogP contribution in [0.15, 0.2) is 30.5 Å². The molecule has 1 aromatic carbocycles. The van der Waals surface area contributed by atoms with E-state index in [0.29, 0.717) is 11.7 Å². The van der Waals surface area contributed by atoms with E-state index in [2.05, 4.69) is 4.98 Å². The molecule has 1 saturated heterocycles. The second kappa shape index (κ2) is 6.30. The minimum atomic E-state index is -0.566. The number of hydrogen-bond donors (Lipinski definition) is 0. The van der Waals surface area contributed by atoms with E-state index in [4.69, 9.17) is 14.2 Å². The summed E-state index contributed by atoms with van der Waals surface area (Å²) in [5.74, 6) is 1.05. The van der Waals surface area contributed by atoms with Gasteiger partial charge in [0.15, 0.2) is 6.10 Å². The third-order valence-corrected chi connectivity index (χ3v) is 5.14. The molecule has 0 spiro atoms. The molecule has 0 unspecified atom stereocenters. The number of carbonyl (C=O) groups is 1. The molecule has 2 aromatic rings. The van der Waals surface area contributed by atoms with Crippen LogP contribution >= 0.6 is 0 Å². The minimum absolute atomic E-state index is 0.213. The van der Waals surface area contributed by atoms with E-state index >= 15 is 0 Å². The lowest BCUT2D eigenvalue weighted by Gasteiger charge is -2.28. The summed E-state index contributed by atoms with van der Waals surface area (Å²) in [7, 11) is 1.62. The first-order valence-corrected chi connectivity index (χ1v) is 8.56. The fraction of sp³-hybridized carbons (Fsp3) is 0.474. The van der Waals surface area contributed by atoms with Crippen LogP contribution in [-0.4, -0.2) is 24.4 Å². The van der Waals surface area contributed by atoms with E-state index in [1.165, 1.54) is 19.3 Å². The van der Waals surface area contributed by atoms with Crippen molar-refractivity contribution in [2.24, 2.45) is 5.92 Å². The Bertz CT molecular complexity index is 754. The van der Waals surface area contributed by atoms with Crippen LogP contribution < -0.4 is 4.74 Å². The fourth-order valence-electron chi connectivity index (χ4n) is 3.93. The summed E-state index contributed by atoms with van der Waals surface area (Å²) in [5, 5.41) is 0.945. The van der Waals surface area contributed by atoms with Crippen LogP contribution in [0.4, 0.5) is 4.79 Å². The van der Waals surface area contributed by atoms with Crippen molar-refractivity contribution in [3.05, 3.63) is 36.0 Å². The number of nitrogens with zero attached hydrogens (tertiary/aromatic N) is 1. The van der Waals surface area contributed by atoms with E-state index in [-0.39, 0.29) is 12.2 Å². The Balaban J connectivity index is 1.75. The van der Waals surface area contributed by atoms with Gasteiger partial charge in [0.2, 0.25) is 0 Å². The third kappa shape index (κ3) is 2.68. The number of cyclic esters (lactones) is 2. The van der Waals surface area contributed by atoms with E-state index < -0.39 is 6.16 Å². The SMILES string of the molecule is COc1cnc2cccc([C@H]3OC(=O)O[C@@H]3C3CCCCC3)c2c1. The first-order chi connectivity index (χ1) is 11.8. The van der Waals surface area contributed by atoms with Gasteiger partial charge in [0, 0.05) is 16.9 Å². The Morgan fingerprint density at radius 2 is 2.00 bits per heavy atom. The van der Waals surface area contributed by atoms with Crippen molar-refractivity contribution in [2.75, 3.05) is 7.11 Å². The summed E-state index contributed by atoms with van der Waals surface area (Å²) in [5.41, 5.74) is 1.80. The number of ether oxygens (including phenoxy) is 3. The molecule has 0 amide bonds. The van der Waals surface area contributed by atoms with Gasteiger partial charge in [-0.1, -0.05) is 31.4 Å². The summed E-state index contributed by atoms with van der Waals surface area (Å²) >= 11 is 0. The summed E-state index contributed by atoms with van der Waals surface area (Å²) in [6, 6.07) is 7.83. The van der Waals surface area contributed by atoms with Crippen molar-refractivity contribution in [2.45, 2.75) is 44.3 Å². The van der Waals surface area contributed by atoms with Crippen molar-refractivity contribution in [1.29, 1.82) is 0 Å². The largest absolute Gasteiger partial charge is 0.509 e. The number of carbonyl (C=O) groups excluding carboxylic acids is 1. The Morgan fingerprint density at radius 1 is 1.17 bits per heavy atom. The second-order valence-electron chi connectivity index (χ2n) is 6.56. The van der Waals surface area contributed by atoms with Crippen molar-refractivity contribution in [3.8, 4) is 5.75 Å². The highest BCUT2D eigenvalue weighted by molar-refractivity contribution is 5.84. The quantitative estimate of drug-likeness (QED) is 0.782. The normalized spacial score (nSPS) is 24.6. The number of fused-ring (bicyclic) bond motifs is 1. The molecule has 0 radical (unpaired) electrons. The minimum Gasteiger partial charge on any atom is -0.495 e. The second-order valence-corrected chi connectivity index (χ2v) is 6.56. The van der Waals surface area contributed by atoms with E-state index in [9.17, 15) is 4.79 Å². The van der Waals surface area contributed by atoms with Crippen molar-refractivity contribution < 1.29 is 19.0 Å². The van der Waals surface area contributed by atoms with Gasteiger partial charge in [0.1, 0.15) is 11.9 Å². The molecule has 2 heterocycles. The number of pyridine rings is 1. The molecule has 0 N–H and O–H groups in total. The highest BCUT2D eigenvalue weighted by atomic mass is 16.8. The molecule has 5 heteroatoms. The van der Waals surface area contributed by atoms with Crippen LogP contribution in [0.1, 0.15) is 43.8 Å². The average molecular weight is 327 g/mol. The number of aromatic nitrogens is 1. The zero-order valence-corrected chi connectivity index (χ0v) is 13.7. The van der Waals surface area contributed by atoms with Gasteiger partial charge >= 0.3 is 6.16 Å². The standard InChI is InChI=1S/C19H21NO4/c1-22-13-10-15-14(8-5-9-16(15)20-11-13)18-17(23-19(21)24-18)12-6-3-2-4-7-12/h5,8-12,17-18H,2-4,6-7H2,1H3/t17-,18-/m1/s1. The van der Waals surface area contributed by atoms with Gasteiger partial charge < -0.3 is 14.2 Å². The maximum atomic E-state index is 11.9. The highest BCUT2D eigenvalue weighted by Crippen LogP contribution is 2.42. The number of hydrogen-bond acceptors (Lipinski definition) is 5. The van der Waals surface area contributed by atoms with Crippen LogP contribution in [0.3, 0.4) is 0 Å². The van der Waals surface area contributed by atoms with Crippen molar-refractivity contribution in [1.82, 2.24) is 4.98 Å². The van der Waals surface area contributed by atoms with Gasteiger partial charge in [0.25, 0.3) is 0 Å². The summed E-state index contributed by atoms with van der Waals surface area (Å²) < 4.78 is 16.4. The number of methoxy groups -OCH3 is 1. The van der Waals surface area contributed by atoms with Crippen LogP contribution in [-0.2, 0) is 9.47 Å². The maximum absolute atomic E-state index is 11.9. The van der Waals surface area contributed by atoms with Crippen molar-refractivity contribution >= 4 is 17.1 Å². The van der Waals surface area contributed by atoms with Gasteiger partial charge in [-0.05, 0) is 25.0 Å². The lowest BCUT2D eigenvalue weighted by atomic mass is 9.81. The third-order valence-electron chi connectivity index (χ3n) is 5.14. The summed E-state index contributed by atoms with van der Waals surface area (Å²) in [6.07, 6.45) is 6.36. The van der Waals surface area contributed by atoms with Gasteiger partial charge in [0.05, 0.1) is 18.8 Å². The zero-order valence-electron chi connectivity index (χ0n) is 13.7. The lowest BCUT2D eigenvalue weighted by Crippen LogP contribution is -2.27. The lowest BCUT2D eigenvalue weighted by molar-refractivity contribution is 0.0716. The van der Waals surface area contributed by atoms with Crippen LogP contribution in [0.2, 0.25) is 0 Å². The number of rotatable bonds is 3. The van der Waals surface area contributed by atoms with Gasteiger partial charge in [-0.3, -0.25) is 4.98 Å². The molecule has 0 bridgehead atoms. The van der Waals surface area contributed by atoms with Gasteiger partial charge in [-0.2, -0.15) is 0 Å². The molecule has 2 fully saturated rings. The Hall–Kier alpha value is -2.30. The maximum Gasteiger partial charge on any atom is 0.509 e. The van der Waals surface area contributed by atoms with Crippen LogP contribution in [0.5, 0.6) is 5.75 Å². The summed E-state index contributed by atoms with van der Waals surface area (Å²) in [6.45, 7) is 0. The van der Waals surface area contributed by atoms with Gasteiger partial charge in [-0.25, -0.2) is 4.79 Å². The average Bonchev–Trinajstić information content (AvgIpc) is 3.03. The molecule has 5 nitrogen and oxygen atoms in total. The highest BCUT2D eigenvalue weighted by Gasteiger charge is 2.43. The molecule has 2 aliphatic rings. The Kier molecular flexibility index (Phi) is 4.00. The van der Waals surface area contributed by atoms with Crippen LogP contribution in [0, 0.1) is 5.92 Å². The first-order valence-electron chi connectivity index (χ1n) is 8.56. The molecular weight excluding hydrogens is 306 g/mol. The molecule has 1 aromatic heterocycles. The monoisotopic (exact) mass is 327 g/mol. The fourth-order valence-corrected chi connectivity index (χ4v) is 3.93. The molecular formula is C19H21NO4. The molecule has 1 aliphatic carbocycles. The molecule has 2 atom stereocenters. The predicted octanol–water partition coefficient (Wildman–Crippen LogP) is 4.40. The zero-order chi connectivity index (χ0) is 16.5. The summed E-state index contributed by atoms with van der Waals surface area (Å²) in [4.78, 5) is 16.3. The van der Waals surface area contributed by atoms with Crippen molar-refractivity contribution in [3.63, 3.8) is 0 Å². The van der Waals surface area contributed by atoms with Crippen LogP contribution in [0.25, 0.3) is 10.9 Å². The first kappa shape index (κ1) is 15.2. The molecule has 1 aliphatic heterocycles. The smallest absolute Gasteiger partial charge is 0.495 e. The van der Waals surface area contributed by atoms with E-state index in [1.54, 1.807) is 13.3 Å². The predicted molar refractivity (Wildman–Crippen MR) is 89.0 cm³/mol. The Morgan fingerprint density at radius 3 is 2.79 bits per heavy atom. The number of benzene rings is 1. The van der Waals surface area contributed by atoms with E-state index in [0.717, 1.165) is 29.3 Å². The van der Waals surface area contributed by atoms with E-state index in [1.807, 2.05) is 24.3 Å². The van der Waals surface area contributed by atoms with Gasteiger partial charge in [-0.15, -0.1) is 0 Å². The molecule has 126 valence electrons. The molecule has 1 saturated carbocycles. The molecule has 24 heavy (non-hydrogen) atoms. The topological polar surface area (TPSA) is 57.7 Å².